The molecule has 1 amide bonds. The number of aromatic amines is 1. The van der Waals surface area contributed by atoms with E-state index in [0.29, 0.717) is 0 Å². The van der Waals surface area contributed by atoms with Gasteiger partial charge in [-0.05, 0) is 59.1 Å². The molecule has 2 aromatic heterocycles. The van der Waals surface area contributed by atoms with Crippen molar-refractivity contribution in [2.24, 2.45) is 5.92 Å². The first-order valence-corrected chi connectivity index (χ1v) is 21.8. The lowest BCUT2D eigenvalue weighted by Gasteiger charge is -2.40. The Hall–Kier alpha value is -4.47. The number of hydrogen-bond donors (Lipinski definition) is 3. The average Bonchev–Trinajstić information content (AvgIpc) is 3.72. The van der Waals surface area contributed by atoms with Crippen LogP contribution >= 0.6 is 12.6 Å². The van der Waals surface area contributed by atoms with Crippen molar-refractivity contribution in [3.8, 4) is 11.5 Å². The van der Waals surface area contributed by atoms with E-state index in [1.165, 1.54) is 6.33 Å². The fourth-order valence-corrected chi connectivity index (χ4v) is 8.21. The highest BCUT2D eigenvalue weighted by Crippen LogP contribution is 2.46. The van der Waals surface area contributed by atoms with Gasteiger partial charge in [-0.15, -0.1) is 0 Å². The highest BCUT2D eigenvalue weighted by atomic mass is 32.1. The molecule has 0 unspecified atom stereocenters. The van der Waals surface area contributed by atoms with Crippen LogP contribution in [0.1, 0.15) is 57.5 Å². The first-order chi connectivity index (χ1) is 26.1. The molecule has 1 aliphatic heterocycles. The van der Waals surface area contributed by atoms with Crippen molar-refractivity contribution in [1.29, 1.82) is 0 Å². The molecule has 1 fully saturated rings. The van der Waals surface area contributed by atoms with Gasteiger partial charge in [0.1, 0.15) is 23.2 Å². The standard InChI is InChI=1S/C41H51N5O7SSi/c1-25(2)36(47)44-39-43-35-32(37(48)45-39)42-24-46(35)38-33(53-55(8,9)40(3,4)5)34(54)31(52-38)23-51-41(26-13-11-10-12-14-26,27-15-19-29(49-6)20-16-27)28-17-21-30(50-7)22-18-28/h10-22,24-25,31,33-34,38,54H,23H2,1-9H3,(H2,43,44,45,47,48)/t31-,33-,34-,38-/m1/s1. The minimum Gasteiger partial charge on any atom is -0.497 e. The summed E-state index contributed by atoms with van der Waals surface area (Å²) in [4.78, 5) is 37.5. The molecule has 2 N–H and O–H groups in total. The van der Waals surface area contributed by atoms with E-state index in [-0.39, 0.29) is 40.6 Å². The van der Waals surface area contributed by atoms with Crippen LogP contribution in [0.4, 0.5) is 5.95 Å². The first kappa shape index (κ1) is 40.2. The van der Waals surface area contributed by atoms with Crippen molar-refractivity contribution >= 4 is 44.0 Å². The summed E-state index contributed by atoms with van der Waals surface area (Å²) >= 11 is 5.21. The molecule has 3 aromatic carbocycles. The number of nitrogens with one attached hydrogen (secondary N) is 2. The smallest absolute Gasteiger partial charge is 0.280 e. The Labute approximate surface area is 328 Å². The SMILES string of the molecule is COc1ccc(C(OC[C@H]2O[C@@H](n3cnc4c(=O)[nH]c(NC(=O)C(C)C)nc43)[C@H](O[Si](C)(C)C(C)(C)C)[C@@H]2S)(c2ccccc2)c2ccc(OC)cc2)cc1. The Morgan fingerprint density at radius 1 is 0.945 bits per heavy atom. The molecule has 1 aliphatic rings. The topological polar surface area (TPSA) is 139 Å². The molecule has 292 valence electrons. The highest BCUT2D eigenvalue weighted by Gasteiger charge is 2.51. The number of rotatable bonds is 13. The van der Waals surface area contributed by atoms with Gasteiger partial charge in [0.05, 0.1) is 38.5 Å². The molecule has 14 heteroatoms. The van der Waals surface area contributed by atoms with E-state index in [4.69, 9.17) is 36.0 Å². The van der Waals surface area contributed by atoms with Crippen LogP contribution < -0.4 is 20.3 Å². The molecule has 6 rings (SSSR count). The van der Waals surface area contributed by atoms with Gasteiger partial charge in [-0.3, -0.25) is 24.5 Å². The summed E-state index contributed by atoms with van der Waals surface area (Å²) in [5.74, 6) is 0.849. The largest absolute Gasteiger partial charge is 0.497 e. The summed E-state index contributed by atoms with van der Waals surface area (Å²) in [6.45, 7) is 14.5. The maximum absolute atomic E-state index is 13.2. The molecule has 0 radical (unpaired) electrons. The zero-order chi connectivity index (χ0) is 39.7. The number of methoxy groups -OCH3 is 2. The van der Waals surface area contributed by atoms with Gasteiger partial charge in [-0.25, -0.2) is 4.98 Å². The van der Waals surface area contributed by atoms with Gasteiger partial charge in [-0.1, -0.05) is 89.2 Å². The Morgan fingerprint density at radius 2 is 1.51 bits per heavy atom. The van der Waals surface area contributed by atoms with Gasteiger partial charge >= 0.3 is 0 Å². The van der Waals surface area contributed by atoms with Crippen molar-refractivity contribution in [1.82, 2.24) is 19.5 Å². The van der Waals surface area contributed by atoms with E-state index in [1.807, 2.05) is 78.9 Å². The van der Waals surface area contributed by atoms with E-state index in [9.17, 15) is 9.59 Å². The molecule has 0 bridgehead atoms. The summed E-state index contributed by atoms with van der Waals surface area (Å²) < 4.78 is 34.0. The molecule has 0 aliphatic carbocycles. The molecule has 5 aromatic rings. The van der Waals surface area contributed by atoms with Gasteiger partial charge in [-0.2, -0.15) is 17.6 Å². The number of anilines is 1. The quantitative estimate of drug-likeness (QED) is 0.0637. The maximum Gasteiger partial charge on any atom is 0.280 e. The van der Waals surface area contributed by atoms with Gasteiger partial charge < -0.3 is 23.4 Å². The van der Waals surface area contributed by atoms with Crippen molar-refractivity contribution < 1.29 is 28.2 Å². The van der Waals surface area contributed by atoms with E-state index in [0.717, 1.165) is 28.2 Å². The predicted molar refractivity (Wildman–Crippen MR) is 219 cm³/mol. The number of amides is 1. The average molecular weight is 786 g/mol. The van der Waals surface area contributed by atoms with Crippen LogP contribution in [0, 0.1) is 5.92 Å². The normalized spacial score (nSPS) is 19.2. The zero-order valence-electron chi connectivity index (χ0n) is 32.8. The second-order valence-corrected chi connectivity index (χ2v) is 20.9. The van der Waals surface area contributed by atoms with E-state index >= 15 is 0 Å². The summed E-state index contributed by atoms with van der Waals surface area (Å²) in [6, 6.07) is 25.8. The number of fused-ring (bicyclic) bond motifs is 1. The number of hydrogen-bond acceptors (Lipinski definition) is 10. The molecule has 3 heterocycles. The van der Waals surface area contributed by atoms with Crippen molar-refractivity contribution in [3.05, 3.63) is 112 Å². The number of benzene rings is 3. The number of imidazole rings is 1. The molecule has 55 heavy (non-hydrogen) atoms. The molecule has 0 spiro atoms. The fourth-order valence-electron chi connectivity index (χ4n) is 6.44. The van der Waals surface area contributed by atoms with E-state index in [2.05, 4.69) is 54.1 Å². The Kier molecular flexibility index (Phi) is 11.7. The van der Waals surface area contributed by atoms with Gasteiger partial charge in [0.25, 0.3) is 5.56 Å². The van der Waals surface area contributed by atoms with Crippen molar-refractivity contribution in [3.63, 3.8) is 0 Å². The third-order valence-electron chi connectivity index (χ3n) is 10.7. The lowest BCUT2D eigenvalue weighted by Crippen LogP contribution is -2.48. The molecule has 1 saturated heterocycles. The third kappa shape index (κ3) is 7.96. The molecular weight excluding hydrogens is 735 g/mol. The van der Waals surface area contributed by atoms with Crippen LogP contribution in [-0.4, -0.2) is 72.0 Å². The molecule has 12 nitrogen and oxygen atoms in total. The predicted octanol–water partition coefficient (Wildman–Crippen LogP) is 7.33. The number of carbonyl (C=O) groups excluding carboxylic acids is 1. The first-order valence-electron chi connectivity index (χ1n) is 18.4. The van der Waals surface area contributed by atoms with Crippen LogP contribution in [0.5, 0.6) is 11.5 Å². The second kappa shape index (κ2) is 15.9. The highest BCUT2D eigenvalue weighted by molar-refractivity contribution is 7.81. The summed E-state index contributed by atoms with van der Waals surface area (Å²) in [5, 5.41) is 2.10. The lowest BCUT2D eigenvalue weighted by molar-refractivity contribution is -0.118. The second-order valence-electron chi connectivity index (χ2n) is 15.6. The Balaban J connectivity index is 1.44. The Morgan fingerprint density at radius 3 is 2.04 bits per heavy atom. The number of H-pyrrole nitrogens is 1. The van der Waals surface area contributed by atoms with Gasteiger partial charge in [0.2, 0.25) is 11.9 Å². The summed E-state index contributed by atoms with van der Waals surface area (Å²) in [6.07, 6.45) is -0.438. The number of nitrogens with zero attached hydrogens (tertiary/aromatic N) is 3. The molecule has 0 saturated carbocycles. The van der Waals surface area contributed by atoms with Crippen molar-refractivity contribution in [2.75, 3.05) is 26.1 Å². The lowest BCUT2D eigenvalue weighted by atomic mass is 9.80. The number of carbonyl (C=O) groups is 1. The van der Waals surface area contributed by atoms with Crippen LogP contribution in [0.25, 0.3) is 11.2 Å². The number of thiol groups is 1. The monoisotopic (exact) mass is 785 g/mol. The minimum absolute atomic E-state index is 0.0201. The van der Waals surface area contributed by atoms with Gasteiger partial charge in [0.15, 0.2) is 25.7 Å². The fraction of sp³-hybridized carbons (Fsp3) is 0.415. The molecular formula is C41H51N5O7SSi. The van der Waals surface area contributed by atoms with E-state index < -0.39 is 43.2 Å². The van der Waals surface area contributed by atoms with E-state index in [1.54, 1.807) is 32.6 Å². The van der Waals surface area contributed by atoms with Crippen LogP contribution in [0.3, 0.4) is 0 Å². The van der Waals surface area contributed by atoms with Crippen LogP contribution in [0.2, 0.25) is 18.1 Å². The van der Waals surface area contributed by atoms with Gasteiger partial charge in [0, 0.05) is 5.92 Å². The number of aromatic nitrogens is 4. The van der Waals surface area contributed by atoms with Crippen LogP contribution in [-0.2, 0) is 24.3 Å². The third-order valence-corrected chi connectivity index (χ3v) is 15.8. The van der Waals surface area contributed by atoms with Crippen LogP contribution in [0.15, 0.2) is 90.0 Å². The zero-order valence-corrected chi connectivity index (χ0v) is 34.7. The van der Waals surface area contributed by atoms with Crippen molar-refractivity contribution in [2.45, 2.75) is 82.0 Å². The summed E-state index contributed by atoms with van der Waals surface area (Å²) in [7, 11) is 0.850. The molecule has 4 atom stereocenters. The Bertz CT molecular complexity index is 2100. The minimum atomic E-state index is -2.43. The number of ether oxygens (including phenoxy) is 4. The summed E-state index contributed by atoms with van der Waals surface area (Å²) in [5.41, 5.74) is 1.43. The maximum atomic E-state index is 13.2.